The molecule has 10 heteroatoms. The molecular weight excluding hydrogens is 262 g/mol. The molecule has 0 aromatic rings. The Kier molecular flexibility index (Phi) is 6.93. The molecule has 0 aromatic heterocycles. The van der Waals surface area contributed by atoms with E-state index >= 15 is 0 Å². The molecule has 0 aromatic carbocycles. The van der Waals surface area contributed by atoms with Crippen molar-refractivity contribution in [2.24, 2.45) is 0 Å². The van der Waals surface area contributed by atoms with Gasteiger partial charge in [0.15, 0.2) is 0 Å². The molecule has 0 amide bonds. The fraction of sp³-hybridized carbons (Fsp3) is 1.00. The molecule has 1 unspecified atom stereocenters. The van der Waals surface area contributed by atoms with Crippen molar-refractivity contribution in [2.75, 3.05) is 6.61 Å². The lowest BCUT2D eigenvalue weighted by Gasteiger charge is -2.17. The molecule has 16 heavy (non-hydrogen) atoms. The van der Waals surface area contributed by atoms with Gasteiger partial charge in [-0.2, -0.15) is 0 Å². The second-order valence-electron chi connectivity index (χ2n) is 3.12. The van der Waals surface area contributed by atoms with Gasteiger partial charge in [-0.15, -0.1) is 0 Å². The van der Waals surface area contributed by atoms with Gasteiger partial charge in [0.05, 0.1) is 12.7 Å². The molecule has 0 fully saturated rings. The van der Waals surface area contributed by atoms with Crippen LogP contribution in [0, 0.1) is 0 Å². The van der Waals surface area contributed by atoms with Gasteiger partial charge in [0.2, 0.25) is 0 Å². The van der Waals surface area contributed by atoms with Gasteiger partial charge in [0, 0.05) is 0 Å². The van der Waals surface area contributed by atoms with Crippen molar-refractivity contribution >= 4 is 15.6 Å². The number of phosphoric ester groups is 2. The second-order valence-corrected chi connectivity index (χ2v) is 5.55. The Morgan fingerprint density at radius 3 is 2.00 bits per heavy atom. The van der Waals surface area contributed by atoms with E-state index in [0.29, 0.717) is 12.8 Å². The van der Waals surface area contributed by atoms with Gasteiger partial charge < -0.3 is 19.6 Å². The fourth-order valence-electron chi connectivity index (χ4n) is 1.07. The molecule has 98 valence electrons. The van der Waals surface area contributed by atoms with E-state index in [1.807, 2.05) is 0 Å². The number of hydrogen-bond donors (Lipinski definition) is 4. The van der Waals surface area contributed by atoms with Crippen LogP contribution in [0.15, 0.2) is 0 Å². The first kappa shape index (κ1) is 16.2. The fourth-order valence-corrected chi connectivity index (χ4v) is 2.01. The van der Waals surface area contributed by atoms with Crippen LogP contribution in [-0.2, 0) is 18.2 Å². The smallest absolute Gasteiger partial charge is 0.303 e. The van der Waals surface area contributed by atoms with E-state index in [1.54, 1.807) is 6.92 Å². The van der Waals surface area contributed by atoms with Crippen LogP contribution in [-0.4, -0.2) is 32.3 Å². The average Bonchev–Trinajstić information content (AvgIpc) is 1.98. The van der Waals surface area contributed by atoms with E-state index in [-0.39, 0.29) is 13.0 Å². The summed E-state index contributed by atoms with van der Waals surface area (Å²) in [6.07, 6.45) is 0.220. The van der Waals surface area contributed by atoms with Crippen LogP contribution in [0.2, 0.25) is 0 Å². The summed E-state index contributed by atoms with van der Waals surface area (Å²) in [5.41, 5.74) is 0. The van der Waals surface area contributed by atoms with Crippen LogP contribution in [0.25, 0.3) is 0 Å². The molecule has 0 saturated carbocycles. The minimum Gasteiger partial charge on any atom is -0.303 e. The van der Waals surface area contributed by atoms with Gasteiger partial charge in [-0.3, -0.25) is 9.05 Å². The molecular formula is C6H16O8P2. The molecule has 0 radical (unpaired) electrons. The van der Waals surface area contributed by atoms with Gasteiger partial charge in [-0.1, -0.05) is 13.3 Å². The topological polar surface area (TPSA) is 134 Å². The lowest BCUT2D eigenvalue weighted by Crippen LogP contribution is -2.14. The van der Waals surface area contributed by atoms with Crippen LogP contribution in [0.5, 0.6) is 0 Å². The summed E-state index contributed by atoms with van der Waals surface area (Å²) < 4.78 is 29.5. The molecule has 8 nitrogen and oxygen atoms in total. The Morgan fingerprint density at radius 1 is 1.06 bits per heavy atom. The highest BCUT2D eigenvalue weighted by molar-refractivity contribution is 7.46. The first-order valence-electron chi connectivity index (χ1n) is 4.58. The maximum Gasteiger partial charge on any atom is 0.469 e. The van der Waals surface area contributed by atoms with Crippen molar-refractivity contribution in [2.45, 2.75) is 32.3 Å². The Labute approximate surface area is 93.1 Å². The normalized spacial score (nSPS) is 15.1. The zero-order valence-electron chi connectivity index (χ0n) is 8.72. The third kappa shape index (κ3) is 10.7. The van der Waals surface area contributed by atoms with Crippen LogP contribution in [0.3, 0.4) is 0 Å². The molecule has 4 N–H and O–H groups in total. The molecule has 0 aliphatic heterocycles. The Hall–Kier alpha value is 0.220. The number of phosphoric acid groups is 2. The lowest BCUT2D eigenvalue weighted by molar-refractivity contribution is 0.0986. The zero-order chi connectivity index (χ0) is 12.8. The van der Waals surface area contributed by atoms with E-state index < -0.39 is 21.7 Å². The first-order valence-corrected chi connectivity index (χ1v) is 7.64. The number of rotatable bonds is 8. The third-order valence-electron chi connectivity index (χ3n) is 1.60. The Balaban J connectivity index is 4.04. The van der Waals surface area contributed by atoms with Crippen LogP contribution < -0.4 is 0 Å². The summed E-state index contributed by atoms with van der Waals surface area (Å²) in [6.45, 7) is 1.47. The summed E-state index contributed by atoms with van der Waals surface area (Å²) in [7, 11) is -9.12. The van der Waals surface area contributed by atoms with E-state index in [2.05, 4.69) is 9.05 Å². The van der Waals surface area contributed by atoms with Crippen LogP contribution >= 0.6 is 15.6 Å². The Morgan fingerprint density at radius 2 is 1.62 bits per heavy atom. The predicted octanol–water partition coefficient (Wildman–Crippen LogP) is 0.764. The standard InChI is InChI=1S/C6H16O8P2/c1-2-3-6(14-16(10,11)12)4-5-13-15(7,8)9/h6H,2-5H2,1H3,(H2,7,8,9)(H2,10,11,12). The van der Waals surface area contributed by atoms with Crippen molar-refractivity contribution in [3.8, 4) is 0 Å². The van der Waals surface area contributed by atoms with Crippen LogP contribution in [0.1, 0.15) is 26.2 Å². The molecule has 0 aliphatic carbocycles. The quantitative estimate of drug-likeness (QED) is 0.478. The molecule has 0 heterocycles. The zero-order valence-corrected chi connectivity index (χ0v) is 10.5. The van der Waals surface area contributed by atoms with E-state index in [1.165, 1.54) is 0 Å². The molecule has 1 atom stereocenters. The van der Waals surface area contributed by atoms with Gasteiger partial charge in [0.25, 0.3) is 0 Å². The van der Waals surface area contributed by atoms with E-state index in [4.69, 9.17) is 19.6 Å². The van der Waals surface area contributed by atoms with E-state index in [9.17, 15) is 9.13 Å². The highest BCUT2D eigenvalue weighted by Gasteiger charge is 2.22. The van der Waals surface area contributed by atoms with Crippen molar-refractivity contribution in [3.63, 3.8) is 0 Å². The van der Waals surface area contributed by atoms with Gasteiger partial charge in [-0.05, 0) is 12.8 Å². The third-order valence-corrected chi connectivity index (χ3v) is 2.69. The highest BCUT2D eigenvalue weighted by atomic mass is 31.2. The van der Waals surface area contributed by atoms with Crippen LogP contribution in [0.4, 0.5) is 0 Å². The predicted molar refractivity (Wildman–Crippen MR) is 54.4 cm³/mol. The summed E-state index contributed by atoms with van der Waals surface area (Å²) >= 11 is 0. The maximum atomic E-state index is 10.6. The highest BCUT2D eigenvalue weighted by Crippen LogP contribution is 2.40. The minimum absolute atomic E-state index is 0.00403. The average molecular weight is 278 g/mol. The summed E-state index contributed by atoms with van der Waals surface area (Å²) in [5.74, 6) is 0. The summed E-state index contributed by atoms with van der Waals surface area (Å²) in [5, 5.41) is 0. The second kappa shape index (κ2) is 6.83. The molecule has 0 aliphatic rings. The van der Waals surface area contributed by atoms with Crippen molar-refractivity contribution in [3.05, 3.63) is 0 Å². The summed E-state index contributed by atoms with van der Waals surface area (Å²) in [4.78, 5) is 33.9. The Bertz CT molecular complexity index is 280. The number of hydrogen-bond acceptors (Lipinski definition) is 4. The molecule has 0 spiro atoms. The van der Waals surface area contributed by atoms with E-state index in [0.717, 1.165) is 0 Å². The maximum absolute atomic E-state index is 10.6. The van der Waals surface area contributed by atoms with Gasteiger partial charge >= 0.3 is 15.6 Å². The molecule has 0 saturated heterocycles. The van der Waals surface area contributed by atoms with Crippen molar-refractivity contribution in [1.82, 2.24) is 0 Å². The molecule has 0 bridgehead atoms. The largest absolute Gasteiger partial charge is 0.469 e. The summed E-state index contributed by atoms with van der Waals surface area (Å²) in [6, 6.07) is 0. The van der Waals surface area contributed by atoms with Gasteiger partial charge in [-0.25, -0.2) is 9.13 Å². The SMILES string of the molecule is CCCC(CCOP(=O)(O)O)OP(=O)(O)O. The first-order chi connectivity index (χ1) is 7.14. The lowest BCUT2D eigenvalue weighted by atomic mass is 10.1. The minimum atomic E-state index is -4.58. The monoisotopic (exact) mass is 278 g/mol. The van der Waals surface area contributed by atoms with Gasteiger partial charge in [0.1, 0.15) is 0 Å². The molecule has 0 rings (SSSR count). The van der Waals surface area contributed by atoms with Crippen molar-refractivity contribution in [1.29, 1.82) is 0 Å². The van der Waals surface area contributed by atoms with Crippen molar-refractivity contribution < 1.29 is 37.8 Å².